The van der Waals surface area contributed by atoms with Crippen LogP contribution in [0.2, 0.25) is 0 Å². The maximum atomic E-state index is 11.2. The molecule has 24 heavy (non-hydrogen) atoms. The topological polar surface area (TPSA) is 134 Å². The summed E-state index contributed by atoms with van der Waals surface area (Å²) in [5.41, 5.74) is 4.29. The lowest BCUT2D eigenvalue weighted by atomic mass is 9.93. The number of alkyl carbamates (subject to hydrolysis) is 1. The van der Waals surface area contributed by atoms with Gasteiger partial charge in [-0.05, 0) is 20.3 Å². The molecule has 2 rings (SSSR count). The van der Waals surface area contributed by atoms with E-state index in [9.17, 15) is 14.4 Å². The fourth-order valence-electron chi connectivity index (χ4n) is 1.88. The number of likely N-dealkylation sites (N-methyl/N-ethyl adjacent to an activating group) is 1. The number of allylic oxidation sites excluding steroid dienone is 2. The number of hydrogen-bond acceptors (Lipinski definition) is 5. The van der Waals surface area contributed by atoms with E-state index < -0.39 is 23.8 Å². The van der Waals surface area contributed by atoms with Crippen LogP contribution in [0.1, 0.15) is 20.3 Å². The Bertz CT molecular complexity index is 546. The first-order valence-corrected chi connectivity index (χ1v) is 7.50. The SMILES string of the molecule is CC(C)NC(=O)OC1CNC(=O)N1C.NC1(C(=O)O)C=CC=CC1. The van der Waals surface area contributed by atoms with Gasteiger partial charge < -0.3 is 26.2 Å². The Morgan fingerprint density at radius 1 is 1.50 bits per heavy atom. The summed E-state index contributed by atoms with van der Waals surface area (Å²) in [4.78, 5) is 34.0. The van der Waals surface area contributed by atoms with Crippen LogP contribution in [0.4, 0.5) is 9.59 Å². The lowest BCUT2D eigenvalue weighted by Crippen LogP contribution is -2.46. The van der Waals surface area contributed by atoms with Gasteiger partial charge in [0.25, 0.3) is 0 Å². The zero-order valence-electron chi connectivity index (χ0n) is 14.0. The molecule has 2 aliphatic rings. The van der Waals surface area contributed by atoms with Gasteiger partial charge in [0.1, 0.15) is 5.54 Å². The van der Waals surface area contributed by atoms with E-state index in [2.05, 4.69) is 10.6 Å². The van der Waals surface area contributed by atoms with Crippen LogP contribution in [0.3, 0.4) is 0 Å². The number of carboxylic acids is 1. The summed E-state index contributed by atoms with van der Waals surface area (Å²) in [7, 11) is 1.58. The van der Waals surface area contributed by atoms with E-state index in [0.29, 0.717) is 13.0 Å². The van der Waals surface area contributed by atoms with Crippen LogP contribution in [0.5, 0.6) is 0 Å². The first kappa shape index (κ1) is 19.5. The van der Waals surface area contributed by atoms with Crippen LogP contribution < -0.4 is 16.4 Å². The van der Waals surface area contributed by atoms with E-state index in [1.165, 1.54) is 11.0 Å². The Labute approximate surface area is 140 Å². The number of nitrogens with zero attached hydrogens (tertiary/aromatic N) is 1. The second-order valence-corrected chi connectivity index (χ2v) is 5.79. The van der Waals surface area contributed by atoms with Crippen LogP contribution in [0.15, 0.2) is 24.3 Å². The zero-order valence-corrected chi connectivity index (χ0v) is 14.0. The molecule has 0 aromatic heterocycles. The second-order valence-electron chi connectivity index (χ2n) is 5.79. The van der Waals surface area contributed by atoms with Crippen molar-refractivity contribution in [2.75, 3.05) is 13.6 Å². The molecule has 134 valence electrons. The lowest BCUT2D eigenvalue weighted by molar-refractivity contribution is -0.141. The predicted molar refractivity (Wildman–Crippen MR) is 87.2 cm³/mol. The first-order chi connectivity index (χ1) is 11.2. The van der Waals surface area contributed by atoms with Crippen molar-refractivity contribution in [1.82, 2.24) is 15.5 Å². The summed E-state index contributed by atoms with van der Waals surface area (Å²) in [5, 5.41) is 13.7. The Hall–Kier alpha value is -2.55. The van der Waals surface area contributed by atoms with Gasteiger partial charge in [0, 0.05) is 13.1 Å². The molecule has 1 aliphatic heterocycles. The zero-order chi connectivity index (χ0) is 18.3. The predicted octanol–water partition coefficient (Wildman–Crippen LogP) is 0.387. The summed E-state index contributed by atoms with van der Waals surface area (Å²) in [5.74, 6) is -0.979. The highest BCUT2D eigenvalue weighted by molar-refractivity contribution is 5.82. The Morgan fingerprint density at radius 2 is 2.17 bits per heavy atom. The minimum Gasteiger partial charge on any atom is -0.480 e. The number of hydrogen-bond donors (Lipinski definition) is 4. The highest BCUT2D eigenvalue weighted by Crippen LogP contribution is 2.13. The third kappa shape index (κ3) is 5.58. The van der Waals surface area contributed by atoms with E-state index in [0.717, 1.165) is 0 Å². The van der Waals surface area contributed by atoms with Crippen molar-refractivity contribution in [3.05, 3.63) is 24.3 Å². The third-order valence-electron chi connectivity index (χ3n) is 3.32. The molecule has 1 heterocycles. The number of amides is 3. The number of nitrogens with two attached hydrogens (primary N) is 1. The Morgan fingerprint density at radius 3 is 2.54 bits per heavy atom. The second kappa shape index (κ2) is 8.34. The highest BCUT2D eigenvalue weighted by atomic mass is 16.6. The number of carbonyl (C=O) groups excluding carboxylic acids is 2. The standard InChI is InChI=1S/C8H15N3O3.C7H9NO2/c1-5(2)10-8(13)14-6-4-9-7(12)11(6)3;8-7(6(9)10)4-2-1-3-5-7/h5-6H,4H2,1-3H3,(H,9,12)(H,10,13);1-4H,5,8H2,(H,9,10). The number of rotatable bonds is 3. The Kier molecular flexibility index (Phi) is 6.78. The smallest absolute Gasteiger partial charge is 0.409 e. The largest absolute Gasteiger partial charge is 0.480 e. The number of carbonyl (C=O) groups is 3. The van der Waals surface area contributed by atoms with Gasteiger partial charge in [0.2, 0.25) is 0 Å². The van der Waals surface area contributed by atoms with Crippen molar-refractivity contribution in [3.8, 4) is 0 Å². The molecule has 0 spiro atoms. The maximum absolute atomic E-state index is 11.2. The molecule has 1 fully saturated rings. The van der Waals surface area contributed by atoms with E-state index in [-0.39, 0.29) is 12.1 Å². The van der Waals surface area contributed by atoms with Crippen LogP contribution in [0, 0.1) is 0 Å². The summed E-state index contributed by atoms with van der Waals surface area (Å²) < 4.78 is 5.00. The summed E-state index contributed by atoms with van der Waals surface area (Å²) in [6.07, 6.45) is 6.03. The van der Waals surface area contributed by atoms with Gasteiger partial charge in [-0.3, -0.25) is 4.90 Å². The minimum atomic E-state index is -1.17. The number of urea groups is 1. The quantitative estimate of drug-likeness (QED) is 0.587. The normalized spacial score (nSPS) is 25.0. The van der Waals surface area contributed by atoms with E-state index in [1.807, 2.05) is 13.8 Å². The molecule has 9 heteroatoms. The number of ether oxygens (including phenoxy) is 1. The number of nitrogens with one attached hydrogen (secondary N) is 2. The van der Waals surface area contributed by atoms with Crippen molar-refractivity contribution < 1.29 is 24.2 Å². The number of aliphatic carboxylic acids is 1. The van der Waals surface area contributed by atoms with Gasteiger partial charge in [-0.1, -0.05) is 24.3 Å². The van der Waals surface area contributed by atoms with Crippen molar-refractivity contribution in [2.24, 2.45) is 5.73 Å². The van der Waals surface area contributed by atoms with Gasteiger partial charge in [-0.2, -0.15) is 0 Å². The van der Waals surface area contributed by atoms with Gasteiger partial charge >= 0.3 is 18.1 Å². The fourth-order valence-corrected chi connectivity index (χ4v) is 1.88. The molecule has 5 N–H and O–H groups in total. The van der Waals surface area contributed by atoms with Crippen LogP contribution in [-0.2, 0) is 9.53 Å². The van der Waals surface area contributed by atoms with E-state index >= 15 is 0 Å². The van der Waals surface area contributed by atoms with Gasteiger partial charge in [-0.15, -0.1) is 0 Å². The van der Waals surface area contributed by atoms with Crippen molar-refractivity contribution in [1.29, 1.82) is 0 Å². The fraction of sp³-hybridized carbons (Fsp3) is 0.533. The molecule has 1 saturated heterocycles. The molecule has 0 aromatic carbocycles. The molecule has 9 nitrogen and oxygen atoms in total. The summed E-state index contributed by atoms with van der Waals surface area (Å²) in [6.45, 7) is 4.01. The third-order valence-corrected chi connectivity index (χ3v) is 3.32. The number of carboxylic acid groups (broad SMARTS) is 1. The molecule has 0 aromatic rings. The minimum absolute atomic E-state index is 0.0258. The molecule has 0 radical (unpaired) electrons. The molecule has 0 bridgehead atoms. The van der Waals surface area contributed by atoms with Gasteiger partial charge in [0.15, 0.2) is 6.23 Å². The summed E-state index contributed by atoms with van der Waals surface area (Å²) >= 11 is 0. The molecule has 0 saturated carbocycles. The molecular weight excluding hydrogens is 316 g/mol. The van der Waals surface area contributed by atoms with Crippen LogP contribution in [0.25, 0.3) is 0 Å². The van der Waals surface area contributed by atoms with Crippen molar-refractivity contribution >= 4 is 18.1 Å². The Balaban J connectivity index is 0.000000254. The molecule has 3 amide bonds. The highest BCUT2D eigenvalue weighted by Gasteiger charge is 2.30. The average molecular weight is 340 g/mol. The lowest BCUT2D eigenvalue weighted by Gasteiger charge is -2.20. The van der Waals surface area contributed by atoms with Gasteiger partial charge in [-0.25, -0.2) is 14.4 Å². The van der Waals surface area contributed by atoms with Gasteiger partial charge in [0.05, 0.1) is 6.54 Å². The molecular formula is C15H24N4O5. The van der Waals surface area contributed by atoms with Crippen LogP contribution in [-0.4, -0.2) is 59.5 Å². The van der Waals surface area contributed by atoms with E-state index in [4.69, 9.17) is 15.6 Å². The molecule has 2 unspecified atom stereocenters. The average Bonchev–Trinajstić information content (AvgIpc) is 2.80. The molecule has 2 atom stereocenters. The maximum Gasteiger partial charge on any atom is 0.409 e. The molecule has 1 aliphatic carbocycles. The monoisotopic (exact) mass is 340 g/mol. The van der Waals surface area contributed by atoms with E-state index in [1.54, 1.807) is 25.3 Å². The van der Waals surface area contributed by atoms with Crippen molar-refractivity contribution in [2.45, 2.75) is 38.1 Å². The van der Waals surface area contributed by atoms with Crippen molar-refractivity contribution in [3.63, 3.8) is 0 Å². The van der Waals surface area contributed by atoms with Crippen LogP contribution >= 0.6 is 0 Å². The first-order valence-electron chi connectivity index (χ1n) is 7.50. The summed E-state index contributed by atoms with van der Waals surface area (Å²) in [6, 6.07) is -0.204.